The van der Waals surface area contributed by atoms with Crippen molar-refractivity contribution in [2.24, 2.45) is 0 Å². The zero-order valence-electron chi connectivity index (χ0n) is 25.5. The Bertz CT molecular complexity index is 1630. The van der Waals surface area contributed by atoms with Crippen LogP contribution in [0.3, 0.4) is 0 Å². The predicted octanol–water partition coefficient (Wildman–Crippen LogP) is 7.65. The minimum atomic E-state index is -0.444. The van der Waals surface area contributed by atoms with Crippen LogP contribution in [-0.4, -0.2) is 35.8 Å². The summed E-state index contributed by atoms with van der Waals surface area (Å²) in [5, 5.41) is 3.61. The maximum Gasteiger partial charge on any atom is 0.336 e. The highest BCUT2D eigenvalue weighted by Crippen LogP contribution is 2.38. The molecule has 0 aliphatic carbocycles. The summed E-state index contributed by atoms with van der Waals surface area (Å²) < 4.78 is 5.39. The van der Waals surface area contributed by atoms with Gasteiger partial charge in [0.05, 0.1) is 18.7 Å². The molecule has 1 aliphatic heterocycles. The highest BCUT2D eigenvalue weighted by atomic mass is 35.5. The summed E-state index contributed by atoms with van der Waals surface area (Å²) in [4.78, 5) is 41.2. The minimum absolute atomic E-state index is 0.0984. The molecule has 45 heavy (non-hydrogen) atoms. The molecule has 7 heteroatoms. The Morgan fingerprint density at radius 2 is 1.56 bits per heavy atom. The highest BCUT2D eigenvalue weighted by molar-refractivity contribution is 6.30. The molecular formula is C38H37ClN2O4. The first-order valence-electron chi connectivity index (χ1n) is 15.3. The molecule has 0 fully saturated rings. The number of nitrogens with one attached hydrogen (secondary N) is 1. The van der Waals surface area contributed by atoms with Crippen LogP contribution in [-0.2, 0) is 20.9 Å². The van der Waals surface area contributed by atoms with Crippen LogP contribution >= 0.6 is 11.6 Å². The van der Waals surface area contributed by atoms with Gasteiger partial charge in [-0.25, -0.2) is 4.79 Å². The van der Waals surface area contributed by atoms with Gasteiger partial charge in [0, 0.05) is 41.1 Å². The lowest BCUT2D eigenvalue weighted by molar-refractivity contribution is -0.140. The fraction of sp³-hybridized carbons (Fsp3) is 0.237. The standard InChI is InChI=1S/C38H37ClN2O4/c1-3-45-38(44)36-26(2)41(35(42)24-34(36)31-15-10-16-32(39)23-31)25-27-17-19-30(20-18-27)37(43)40-22-21-33(28-11-6-4-7-12-28)29-13-8-5-9-14-29/h4-20,23,33-34H,3,21-22,24-25H2,1-2H3,(H,40,43). The Labute approximate surface area is 269 Å². The normalized spacial score (nSPS) is 14.9. The Morgan fingerprint density at radius 1 is 0.911 bits per heavy atom. The van der Waals surface area contributed by atoms with E-state index in [1.54, 1.807) is 43.0 Å². The number of esters is 1. The number of carbonyl (C=O) groups is 3. The van der Waals surface area contributed by atoms with Crippen LogP contribution in [0, 0.1) is 0 Å². The van der Waals surface area contributed by atoms with Crippen LogP contribution in [0.1, 0.15) is 71.1 Å². The van der Waals surface area contributed by atoms with Crippen LogP contribution in [0.2, 0.25) is 5.02 Å². The van der Waals surface area contributed by atoms with Crippen molar-refractivity contribution in [3.05, 3.63) is 153 Å². The third-order valence-corrected chi connectivity index (χ3v) is 8.48. The average Bonchev–Trinajstić information content (AvgIpc) is 3.06. The van der Waals surface area contributed by atoms with Crippen molar-refractivity contribution in [1.82, 2.24) is 10.2 Å². The first-order chi connectivity index (χ1) is 21.9. The summed E-state index contributed by atoms with van der Waals surface area (Å²) in [6, 6.07) is 35.1. The molecule has 1 aliphatic rings. The van der Waals surface area contributed by atoms with E-state index in [9.17, 15) is 14.4 Å². The van der Waals surface area contributed by atoms with E-state index in [1.165, 1.54) is 11.1 Å². The Kier molecular flexibility index (Phi) is 10.5. The van der Waals surface area contributed by atoms with Crippen molar-refractivity contribution in [2.75, 3.05) is 13.2 Å². The molecular weight excluding hydrogens is 584 g/mol. The quantitative estimate of drug-likeness (QED) is 0.175. The summed E-state index contributed by atoms with van der Waals surface area (Å²) in [7, 11) is 0. The van der Waals surface area contributed by atoms with E-state index in [2.05, 4.69) is 29.6 Å². The highest BCUT2D eigenvalue weighted by Gasteiger charge is 2.37. The van der Waals surface area contributed by atoms with Gasteiger partial charge in [0.1, 0.15) is 0 Å². The maximum atomic E-state index is 13.4. The molecule has 1 unspecified atom stereocenters. The molecule has 0 spiro atoms. The van der Waals surface area contributed by atoms with Gasteiger partial charge in [-0.2, -0.15) is 0 Å². The molecule has 0 radical (unpaired) electrons. The van der Waals surface area contributed by atoms with Crippen LogP contribution in [0.5, 0.6) is 0 Å². The molecule has 1 atom stereocenters. The molecule has 230 valence electrons. The Balaban J connectivity index is 1.26. The molecule has 1 heterocycles. The van der Waals surface area contributed by atoms with E-state index >= 15 is 0 Å². The van der Waals surface area contributed by atoms with Crippen LogP contribution in [0.15, 0.2) is 120 Å². The summed E-state index contributed by atoms with van der Waals surface area (Å²) in [5.74, 6) is -0.960. The van der Waals surface area contributed by atoms with Crippen molar-refractivity contribution in [3.63, 3.8) is 0 Å². The molecule has 4 aromatic rings. The molecule has 0 saturated carbocycles. The number of rotatable bonds is 11. The second-order valence-corrected chi connectivity index (χ2v) is 11.6. The van der Waals surface area contributed by atoms with Gasteiger partial charge < -0.3 is 15.0 Å². The van der Waals surface area contributed by atoms with Crippen LogP contribution in [0.25, 0.3) is 0 Å². The van der Waals surface area contributed by atoms with Gasteiger partial charge in [0.25, 0.3) is 5.91 Å². The number of nitrogens with zero attached hydrogens (tertiary/aromatic N) is 1. The van der Waals surface area contributed by atoms with E-state index in [0.29, 0.717) is 28.4 Å². The second-order valence-electron chi connectivity index (χ2n) is 11.1. The van der Waals surface area contributed by atoms with E-state index in [0.717, 1.165) is 17.5 Å². The van der Waals surface area contributed by atoms with Crippen LogP contribution < -0.4 is 5.32 Å². The van der Waals surface area contributed by atoms with Crippen molar-refractivity contribution in [2.45, 2.75) is 45.1 Å². The van der Waals surface area contributed by atoms with Crippen molar-refractivity contribution in [1.29, 1.82) is 0 Å². The van der Waals surface area contributed by atoms with Crippen LogP contribution in [0.4, 0.5) is 0 Å². The van der Waals surface area contributed by atoms with Crippen molar-refractivity contribution in [3.8, 4) is 0 Å². The monoisotopic (exact) mass is 620 g/mol. The zero-order chi connectivity index (χ0) is 31.8. The fourth-order valence-corrected chi connectivity index (χ4v) is 6.16. The number of allylic oxidation sites excluding steroid dienone is 1. The van der Waals surface area contributed by atoms with Gasteiger partial charge in [-0.15, -0.1) is 0 Å². The van der Waals surface area contributed by atoms with Gasteiger partial charge in [0.15, 0.2) is 0 Å². The number of hydrogen-bond donors (Lipinski definition) is 1. The summed E-state index contributed by atoms with van der Waals surface area (Å²) in [5.41, 5.74) is 5.62. The fourth-order valence-electron chi connectivity index (χ4n) is 5.96. The Hall–Kier alpha value is -4.68. The smallest absolute Gasteiger partial charge is 0.336 e. The zero-order valence-corrected chi connectivity index (χ0v) is 26.3. The molecule has 2 amide bonds. The molecule has 4 aromatic carbocycles. The molecule has 0 saturated heterocycles. The summed E-state index contributed by atoms with van der Waals surface area (Å²) in [6.07, 6.45) is 0.888. The van der Waals surface area contributed by atoms with Gasteiger partial charge in [0.2, 0.25) is 5.91 Å². The lowest BCUT2D eigenvalue weighted by atomic mass is 9.83. The van der Waals surface area contributed by atoms with E-state index in [-0.39, 0.29) is 37.3 Å². The van der Waals surface area contributed by atoms with Gasteiger partial charge in [-0.3, -0.25) is 9.59 Å². The molecule has 5 rings (SSSR count). The second kappa shape index (κ2) is 14.9. The average molecular weight is 621 g/mol. The number of hydrogen-bond acceptors (Lipinski definition) is 4. The molecule has 1 N–H and O–H groups in total. The number of benzene rings is 4. The molecule has 0 aromatic heterocycles. The van der Waals surface area contributed by atoms with E-state index in [1.807, 2.05) is 60.7 Å². The van der Waals surface area contributed by atoms with E-state index in [4.69, 9.17) is 16.3 Å². The lowest BCUT2D eigenvalue weighted by Gasteiger charge is -2.34. The minimum Gasteiger partial charge on any atom is -0.463 e. The topological polar surface area (TPSA) is 75.7 Å². The number of halogens is 1. The Morgan fingerprint density at radius 3 is 2.16 bits per heavy atom. The maximum absolute atomic E-state index is 13.4. The SMILES string of the molecule is CCOC(=O)C1=C(C)N(Cc2ccc(C(=O)NCCC(c3ccccc3)c3ccccc3)cc2)C(=O)CC1c1cccc(Cl)c1. The van der Waals surface area contributed by atoms with Crippen molar-refractivity contribution >= 4 is 29.4 Å². The van der Waals surface area contributed by atoms with Crippen molar-refractivity contribution < 1.29 is 19.1 Å². The number of amides is 2. The van der Waals surface area contributed by atoms with Gasteiger partial charge >= 0.3 is 5.97 Å². The largest absolute Gasteiger partial charge is 0.463 e. The molecule has 6 nitrogen and oxygen atoms in total. The van der Waals surface area contributed by atoms with E-state index < -0.39 is 11.9 Å². The molecule has 0 bridgehead atoms. The lowest BCUT2D eigenvalue weighted by Crippen LogP contribution is -2.38. The summed E-state index contributed by atoms with van der Waals surface area (Å²) >= 11 is 6.23. The summed E-state index contributed by atoms with van der Waals surface area (Å²) in [6.45, 7) is 4.56. The number of carbonyl (C=O) groups excluding carboxylic acids is 3. The van der Waals surface area contributed by atoms with Gasteiger partial charge in [-0.1, -0.05) is 96.5 Å². The predicted molar refractivity (Wildman–Crippen MR) is 177 cm³/mol. The van der Waals surface area contributed by atoms with Gasteiger partial charge in [-0.05, 0) is 66.8 Å². The third kappa shape index (κ3) is 7.70. The number of ether oxygens (including phenoxy) is 1. The third-order valence-electron chi connectivity index (χ3n) is 8.25. The first kappa shape index (κ1) is 31.7. The first-order valence-corrected chi connectivity index (χ1v) is 15.6.